The van der Waals surface area contributed by atoms with Gasteiger partial charge in [0.05, 0.1) is 11.9 Å². The molecule has 2 heterocycles. The average Bonchev–Trinajstić information content (AvgIpc) is 2.94. The normalized spacial score (nSPS) is 17.8. The van der Waals surface area contributed by atoms with Crippen LogP contribution < -0.4 is 15.5 Å². The van der Waals surface area contributed by atoms with Gasteiger partial charge in [-0.05, 0) is 31.0 Å². The predicted molar refractivity (Wildman–Crippen MR) is 87.0 cm³/mol. The second-order valence-electron chi connectivity index (χ2n) is 5.77. The molecular weight excluding hydrogens is 297 g/mol. The first-order valence-corrected chi connectivity index (χ1v) is 7.67. The number of aromatic nitrogens is 2. The summed E-state index contributed by atoms with van der Waals surface area (Å²) >= 11 is 0. The van der Waals surface area contributed by atoms with Crippen molar-refractivity contribution in [3.8, 4) is 0 Å². The number of halogens is 1. The number of carbonyl (C=O) groups is 1. The lowest BCUT2D eigenvalue weighted by Crippen LogP contribution is -2.49. The van der Waals surface area contributed by atoms with E-state index in [0.29, 0.717) is 5.69 Å². The van der Waals surface area contributed by atoms with Crippen LogP contribution in [0.5, 0.6) is 0 Å². The summed E-state index contributed by atoms with van der Waals surface area (Å²) in [6.45, 7) is 1.69. The highest BCUT2D eigenvalue weighted by Gasteiger charge is 2.22. The molecule has 0 spiro atoms. The third-order valence-electron chi connectivity index (χ3n) is 3.90. The zero-order chi connectivity index (χ0) is 16.2. The lowest BCUT2D eigenvalue weighted by molar-refractivity contribution is 0.246. The Morgan fingerprint density at radius 1 is 1.43 bits per heavy atom. The Balaban J connectivity index is 1.56. The largest absolute Gasteiger partial charge is 0.367 e. The standard InChI is InChI=1S/C16H20FN5O/c1-21-11-15(9-18-21)22-7-3-6-14(10-22)20-16(23)19-13-5-2-4-12(17)8-13/h2,4-5,8-9,11,14H,3,6-7,10H2,1H3,(H2,19,20,23)/t14-/m0/s1. The predicted octanol–water partition coefficient (Wildman–Crippen LogP) is 2.35. The molecule has 1 aromatic carbocycles. The van der Waals surface area contributed by atoms with E-state index in [4.69, 9.17) is 0 Å². The topological polar surface area (TPSA) is 62.2 Å². The molecular formula is C16H20FN5O. The molecule has 0 bridgehead atoms. The number of rotatable bonds is 3. The van der Waals surface area contributed by atoms with Gasteiger partial charge < -0.3 is 15.5 Å². The lowest BCUT2D eigenvalue weighted by atomic mass is 10.1. The second kappa shape index (κ2) is 6.68. The van der Waals surface area contributed by atoms with E-state index in [-0.39, 0.29) is 17.9 Å². The van der Waals surface area contributed by atoms with E-state index in [1.807, 2.05) is 19.4 Å². The number of benzene rings is 1. The molecule has 2 N–H and O–H groups in total. The molecule has 7 heteroatoms. The van der Waals surface area contributed by atoms with Crippen LogP contribution in [0.15, 0.2) is 36.7 Å². The summed E-state index contributed by atoms with van der Waals surface area (Å²) in [6, 6.07) is 5.60. The zero-order valence-electron chi connectivity index (χ0n) is 13.0. The number of hydrogen-bond donors (Lipinski definition) is 2. The number of hydrogen-bond acceptors (Lipinski definition) is 3. The van der Waals surface area contributed by atoms with Crippen molar-refractivity contribution in [1.82, 2.24) is 15.1 Å². The minimum atomic E-state index is -0.372. The Morgan fingerprint density at radius 2 is 2.30 bits per heavy atom. The third kappa shape index (κ3) is 4.00. The van der Waals surface area contributed by atoms with Crippen LogP contribution in [-0.2, 0) is 7.05 Å². The van der Waals surface area contributed by atoms with Gasteiger partial charge in [-0.3, -0.25) is 4.68 Å². The first-order chi connectivity index (χ1) is 11.1. The monoisotopic (exact) mass is 317 g/mol. The molecule has 1 aliphatic rings. The molecule has 122 valence electrons. The van der Waals surface area contributed by atoms with Crippen molar-refractivity contribution in [2.45, 2.75) is 18.9 Å². The van der Waals surface area contributed by atoms with E-state index in [2.05, 4.69) is 20.6 Å². The Labute approximate surface area is 134 Å². The molecule has 1 fully saturated rings. The van der Waals surface area contributed by atoms with Crippen molar-refractivity contribution < 1.29 is 9.18 Å². The van der Waals surface area contributed by atoms with Gasteiger partial charge in [0.25, 0.3) is 0 Å². The number of anilines is 2. The van der Waals surface area contributed by atoms with Gasteiger partial charge in [0, 0.05) is 38.1 Å². The van der Waals surface area contributed by atoms with E-state index in [1.54, 1.807) is 16.8 Å². The van der Waals surface area contributed by atoms with E-state index >= 15 is 0 Å². The summed E-state index contributed by atoms with van der Waals surface area (Å²) in [4.78, 5) is 14.3. The summed E-state index contributed by atoms with van der Waals surface area (Å²) in [5.41, 5.74) is 1.51. The Morgan fingerprint density at radius 3 is 3.04 bits per heavy atom. The maximum atomic E-state index is 13.1. The van der Waals surface area contributed by atoms with Gasteiger partial charge in [0.15, 0.2) is 0 Å². The number of piperidine rings is 1. The fraction of sp³-hybridized carbons (Fsp3) is 0.375. The van der Waals surface area contributed by atoms with E-state index < -0.39 is 0 Å². The van der Waals surface area contributed by atoms with Gasteiger partial charge in [0.1, 0.15) is 5.82 Å². The molecule has 0 aliphatic carbocycles. The molecule has 1 aliphatic heterocycles. The summed E-state index contributed by atoms with van der Waals surface area (Å²) in [5, 5.41) is 9.80. The van der Waals surface area contributed by atoms with Gasteiger partial charge in [-0.2, -0.15) is 5.10 Å². The molecule has 0 unspecified atom stereocenters. The van der Waals surface area contributed by atoms with Gasteiger partial charge in [-0.25, -0.2) is 9.18 Å². The van der Waals surface area contributed by atoms with Crippen LogP contribution in [0.25, 0.3) is 0 Å². The summed E-state index contributed by atoms with van der Waals surface area (Å²) in [6.07, 6.45) is 5.72. The molecule has 3 rings (SSSR count). The smallest absolute Gasteiger partial charge is 0.319 e. The average molecular weight is 317 g/mol. The number of aryl methyl sites for hydroxylation is 1. The second-order valence-corrected chi connectivity index (χ2v) is 5.77. The molecule has 1 aromatic heterocycles. The van der Waals surface area contributed by atoms with Crippen LogP contribution in [0.4, 0.5) is 20.6 Å². The van der Waals surface area contributed by atoms with Crippen LogP contribution in [0.1, 0.15) is 12.8 Å². The van der Waals surface area contributed by atoms with E-state index in [1.165, 1.54) is 12.1 Å². The molecule has 23 heavy (non-hydrogen) atoms. The van der Waals surface area contributed by atoms with Crippen LogP contribution in [0, 0.1) is 5.82 Å². The van der Waals surface area contributed by atoms with Gasteiger partial charge in [0.2, 0.25) is 0 Å². The fourth-order valence-corrected chi connectivity index (χ4v) is 2.82. The number of urea groups is 1. The number of nitrogens with zero attached hydrogens (tertiary/aromatic N) is 3. The summed E-state index contributed by atoms with van der Waals surface area (Å²) in [5.74, 6) is -0.372. The van der Waals surface area contributed by atoms with Crippen molar-refractivity contribution in [3.63, 3.8) is 0 Å². The van der Waals surface area contributed by atoms with Gasteiger partial charge in [-0.15, -0.1) is 0 Å². The number of carbonyl (C=O) groups excluding carboxylic acids is 1. The number of amides is 2. The number of nitrogens with one attached hydrogen (secondary N) is 2. The minimum absolute atomic E-state index is 0.0533. The Bertz CT molecular complexity index is 687. The van der Waals surface area contributed by atoms with Crippen LogP contribution in [0.3, 0.4) is 0 Å². The maximum absolute atomic E-state index is 13.1. The molecule has 2 aromatic rings. The van der Waals surface area contributed by atoms with Crippen molar-refractivity contribution >= 4 is 17.4 Å². The highest BCUT2D eigenvalue weighted by Crippen LogP contribution is 2.19. The van der Waals surface area contributed by atoms with E-state index in [0.717, 1.165) is 31.6 Å². The highest BCUT2D eigenvalue weighted by molar-refractivity contribution is 5.89. The molecule has 1 atom stereocenters. The zero-order valence-corrected chi connectivity index (χ0v) is 13.0. The fourth-order valence-electron chi connectivity index (χ4n) is 2.82. The van der Waals surface area contributed by atoms with E-state index in [9.17, 15) is 9.18 Å². The summed E-state index contributed by atoms with van der Waals surface area (Å²) in [7, 11) is 1.88. The highest BCUT2D eigenvalue weighted by atomic mass is 19.1. The third-order valence-corrected chi connectivity index (χ3v) is 3.90. The molecule has 0 radical (unpaired) electrons. The van der Waals surface area contributed by atoms with Crippen molar-refractivity contribution in [3.05, 3.63) is 42.5 Å². The minimum Gasteiger partial charge on any atom is -0.367 e. The summed E-state index contributed by atoms with van der Waals surface area (Å²) < 4.78 is 14.9. The molecule has 0 saturated carbocycles. The van der Waals surface area contributed by atoms with Crippen LogP contribution in [-0.4, -0.2) is 34.9 Å². The quantitative estimate of drug-likeness (QED) is 0.913. The Kier molecular flexibility index (Phi) is 4.45. The molecule has 1 saturated heterocycles. The van der Waals surface area contributed by atoms with Gasteiger partial charge in [-0.1, -0.05) is 6.07 Å². The Hall–Kier alpha value is -2.57. The maximum Gasteiger partial charge on any atom is 0.319 e. The van der Waals surface area contributed by atoms with Crippen LogP contribution in [0.2, 0.25) is 0 Å². The van der Waals surface area contributed by atoms with Crippen molar-refractivity contribution in [1.29, 1.82) is 0 Å². The van der Waals surface area contributed by atoms with Gasteiger partial charge >= 0.3 is 6.03 Å². The molecule has 2 amide bonds. The van der Waals surface area contributed by atoms with Crippen molar-refractivity contribution in [2.75, 3.05) is 23.3 Å². The first-order valence-electron chi connectivity index (χ1n) is 7.67. The van der Waals surface area contributed by atoms with Crippen molar-refractivity contribution in [2.24, 2.45) is 7.05 Å². The first kappa shape index (κ1) is 15.3. The molecule has 6 nitrogen and oxygen atoms in total. The lowest BCUT2D eigenvalue weighted by Gasteiger charge is -2.33. The van der Waals surface area contributed by atoms with Crippen LogP contribution >= 0.6 is 0 Å². The SMILES string of the molecule is Cn1cc(N2CCC[C@H](NC(=O)Nc3cccc(F)c3)C2)cn1.